The number of hydrogen-bond donors (Lipinski definition) is 2. The van der Waals surface area contributed by atoms with Crippen molar-refractivity contribution < 1.29 is 22.7 Å². The first kappa shape index (κ1) is 19.2. The van der Waals surface area contributed by atoms with E-state index in [9.17, 15) is 13.2 Å². The molecule has 0 saturated heterocycles. The molecule has 0 unspecified atom stereocenters. The molecule has 0 aliphatic rings. The third-order valence-electron chi connectivity index (χ3n) is 3.40. The van der Waals surface area contributed by atoms with Crippen LogP contribution < -0.4 is 19.5 Å². The summed E-state index contributed by atoms with van der Waals surface area (Å²) in [6.07, 6.45) is 0. The Morgan fingerprint density at radius 3 is 2.54 bits per heavy atom. The fraction of sp³-hybridized carbons (Fsp3) is 0.176. The van der Waals surface area contributed by atoms with Crippen LogP contribution in [0.25, 0.3) is 0 Å². The third kappa shape index (κ3) is 4.50. The molecule has 0 aliphatic carbocycles. The predicted molar refractivity (Wildman–Crippen MR) is 94.5 cm³/mol. The Morgan fingerprint density at radius 2 is 1.88 bits per heavy atom. The summed E-state index contributed by atoms with van der Waals surface area (Å²) in [5.74, 6) is -0.162. The van der Waals surface area contributed by atoms with Gasteiger partial charge in [-0.15, -0.1) is 0 Å². The van der Waals surface area contributed by atoms with E-state index in [-0.39, 0.29) is 16.2 Å². The standard InChI is InChI=1S/C17H17N3O5S/c1-24-13-7-8-15(25-2)16(9-13)26(22,23)19-11-17(21)20-14-6-4-3-5-12(14)10-18/h3-9,19H,11H2,1-2H3,(H,20,21). The first-order valence-corrected chi connectivity index (χ1v) is 8.90. The van der Waals surface area contributed by atoms with Gasteiger partial charge in [0.1, 0.15) is 22.5 Å². The molecule has 0 aliphatic heterocycles. The van der Waals surface area contributed by atoms with Crippen LogP contribution in [0.2, 0.25) is 0 Å². The van der Waals surface area contributed by atoms with Crippen LogP contribution in [-0.2, 0) is 14.8 Å². The number of para-hydroxylation sites is 1. The van der Waals surface area contributed by atoms with E-state index in [0.717, 1.165) is 0 Å². The fourth-order valence-corrected chi connectivity index (χ4v) is 3.28. The number of ether oxygens (including phenoxy) is 2. The number of methoxy groups -OCH3 is 2. The largest absolute Gasteiger partial charge is 0.497 e. The molecule has 8 nitrogen and oxygen atoms in total. The van der Waals surface area contributed by atoms with Crippen LogP contribution in [0.5, 0.6) is 11.5 Å². The van der Waals surface area contributed by atoms with Gasteiger partial charge in [-0.2, -0.15) is 5.26 Å². The molecule has 0 fully saturated rings. The van der Waals surface area contributed by atoms with Gasteiger partial charge in [-0.1, -0.05) is 12.1 Å². The number of benzene rings is 2. The van der Waals surface area contributed by atoms with E-state index < -0.39 is 22.5 Å². The predicted octanol–water partition coefficient (Wildman–Crippen LogP) is 1.49. The van der Waals surface area contributed by atoms with Crippen molar-refractivity contribution in [2.75, 3.05) is 26.1 Å². The molecule has 0 spiro atoms. The quantitative estimate of drug-likeness (QED) is 0.757. The molecule has 26 heavy (non-hydrogen) atoms. The molecule has 136 valence electrons. The summed E-state index contributed by atoms with van der Waals surface area (Å²) in [5, 5.41) is 11.5. The number of amides is 1. The lowest BCUT2D eigenvalue weighted by molar-refractivity contribution is -0.115. The maximum Gasteiger partial charge on any atom is 0.244 e. The van der Waals surface area contributed by atoms with Crippen LogP contribution in [-0.4, -0.2) is 35.1 Å². The second kappa shape index (κ2) is 8.33. The van der Waals surface area contributed by atoms with Crippen molar-refractivity contribution in [3.05, 3.63) is 48.0 Å². The number of carbonyl (C=O) groups is 1. The van der Waals surface area contributed by atoms with Gasteiger partial charge >= 0.3 is 0 Å². The average Bonchev–Trinajstić information content (AvgIpc) is 2.66. The minimum atomic E-state index is -4.02. The molecule has 2 aromatic carbocycles. The zero-order valence-corrected chi connectivity index (χ0v) is 15.0. The number of nitriles is 1. The lowest BCUT2D eigenvalue weighted by Crippen LogP contribution is -2.33. The third-order valence-corrected chi connectivity index (χ3v) is 4.83. The van der Waals surface area contributed by atoms with E-state index in [1.807, 2.05) is 6.07 Å². The SMILES string of the molecule is COc1ccc(OC)c(S(=O)(=O)NCC(=O)Nc2ccccc2C#N)c1. The molecule has 0 saturated carbocycles. The van der Waals surface area contributed by atoms with Gasteiger partial charge in [-0.25, -0.2) is 13.1 Å². The molecule has 0 atom stereocenters. The Hall–Kier alpha value is -3.09. The summed E-state index contributed by atoms with van der Waals surface area (Å²) < 4.78 is 37.2. The zero-order valence-electron chi connectivity index (χ0n) is 14.1. The van der Waals surface area contributed by atoms with Crippen LogP contribution in [0, 0.1) is 11.3 Å². The number of hydrogen-bond acceptors (Lipinski definition) is 6. The normalized spacial score (nSPS) is 10.7. The highest BCUT2D eigenvalue weighted by molar-refractivity contribution is 7.89. The summed E-state index contributed by atoms with van der Waals surface area (Å²) in [7, 11) is -1.27. The van der Waals surface area contributed by atoms with Crippen LogP contribution >= 0.6 is 0 Å². The van der Waals surface area contributed by atoms with E-state index in [1.165, 1.54) is 26.4 Å². The van der Waals surface area contributed by atoms with Gasteiger partial charge in [0.25, 0.3) is 0 Å². The van der Waals surface area contributed by atoms with Crippen LogP contribution in [0.15, 0.2) is 47.4 Å². The van der Waals surface area contributed by atoms with Gasteiger partial charge in [-0.05, 0) is 24.3 Å². The maximum atomic E-state index is 12.5. The molecule has 0 heterocycles. The molecule has 1 amide bonds. The zero-order chi connectivity index (χ0) is 19.2. The first-order valence-electron chi connectivity index (χ1n) is 7.42. The minimum Gasteiger partial charge on any atom is -0.497 e. The molecular formula is C17H17N3O5S. The molecule has 2 rings (SSSR count). The van der Waals surface area contributed by atoms with Crippen LogP contribution in [0.1, 0.15) is 5.56 Å². The Kier molecular flexibility index (Phi) is 6.16. The van der Waals surface area contributed by atoms with E-state index in [4.69, 9.17) is 14.7 Å². The smallest absolute Gasteiger partial charge is 0.244 e. The summed E-state index contributed by atoms with van der Waals surface area (Å²) >= 11 is 0. The number of sulfonamides is 1. The summed E-state index contributed by atoms with van der Waals surface area (Å²) in [6, 6.07) is 12.7. The topological polar surface area (TPSA) is 118 Å². The Balaban J connectivity index is 2.13. The lowest BCUT2D eigenvalue weighted by atomic mass is 10.2. The van der Waals surface area contributed by atoms with Gasteiger partial charge in [0.2, 0.25) is 15.9 Å². The maximum absolute atomic E-state index is 12.5. The van der Waals surface area contributed by atoms with Crippen molar-refractivity contribution in [2.24, 2.45) is 0 Å². The van der Waals surface area contributed by atoms with Gasteiger partial charge in [0, 0.05) is 6.07 Å². The lowest BCUT2D eigenvalue weighted by Gasteiger charge is -2.12. The molecule has 2 N–H and O–H groups in total. The molecule has 0 bridgehead atoms. The second-order valence-corrected chi connectivity index (χ2v) is 6.78. The van der Waals surface area contributed by atoms with Gasteiger partial charge < -0.3 is 14.8 Å². The monoisotopic (exact) mass is 375 g/mol. The van der Waals surface area contributed by atoms with Crippen molar-refractivity contribution in [1.29, 1.82) is 5.26 Å². The Labute approximate surface area is 151 Å². The van der Waals surface area contributed by atoms with Gasteiger partial charge in [0.05, 0.1) is 32.0 Å². The van der Waals surface area contributed by atoms with Gasteiger partial charge in [-0.3, -0.25) is 4.79 Å². The highest BCUT2D eigenvalue weighted by Gasteiger charge is 2.21. The number of carbonyl (C=O) groups excluding carboxylic acids is 1. The van der Waals surface area contributed by atoms with E-state index in [0.29, 0.717) is 11.4 Å². The van der Waals surface area contributed by atoms with Crippen molar-refractivity contribution in [3.8, 4) is 17.6 Å². The Bertz CT molecular complexity index is 951. The fourth-order valence-electron chi connectivity index (χ4n) is 2.12. The summed E-state index contributed by atoms with van der Waals surface area (Å²) in [6.45, 7) is -0.511. The van der Waals surface area contributed by atoms with Crippen molar-refractivity contribution in [3.63, 3.8) is 0 Å². The number of anilines is 1. The Morgan fingerprint density at radius 1 is 1.15 bits per heavy atom. The highest BCUT2D eigenvalue weighted by atomic mass is 32.2. The number of nitrogens with zero attached hydrogens (tertiary/aromatic N) is 1. The molecule has 9 heteroatoms. The summed E-state index contributed by atoms with van der Waals surface area (Å²) in [4.78, 5) is 11.9. The van der Waals surface area contributed by atoms with Crippen LogP contribution in [0.3, 0.4) is 0 Å². The number of rotatable bonds is 7. The average molecular weight is 375 g/mol. The van der Waals surface area contributed by atoms with Crippen molar-refractivity contribution in [1.82, 2.24) is 4.72 Å². The van der Waals surface area contributed by atoms with E-state index in [1.54, 1.807) is 30.3 Å². The second-order valence-electron chi connectivity index (χ2n) is 5.05. The molecule has 0 aromatic heterocycles. The molecule has 0 radical (unpaired) electrons. The highest BCUT2D eigenvalue weighted by Crippen LogP contribution is 2.27. The van der Waals surface area contributed by atoms with E-state index >= 15 is 0 Å². The number of nitrogens with one attached hydrogen (secondary N) is 2. The summed E-state index contributed by atoms with van der Waals surface area (Å²) in [5.41, 5.74) is 0.580. The molecular weight excluding hydrogens is 358 g/mol. The van der Waals surface area contributed by atoms with E-state index in [2.05, 4.69) is 10.0 Å². The minimum absolute atomic E-state index is 0.119. The van der Waals surface area contributed by atoms with Crippen LogP contribution in [0.4, 0.5) is 5.69 Å². The van der Waals surface area contributed by atoms with Crippen molar-refractivity contribution >= 4 is 21.6 Å². The first-order chi connectivity index (χ1) is 12.4. The van der Waals surface area contributed by atoms with Gasteiger partial charge in [0.15, 0.2) is 0 Å². The van der Waals surface area contributed by atoms with Crippen molar-refractivity contribution in [2.45, 2.75) is 4.90 Å². The molecule has 2 aromatic rings.